The molecule has 0 saturated heterocycles. The maximum absolute atomic E-state index is 13.0. The number of hydrogen-bond acceptors (Lipinski definition) is 8. The van der Waals surface area contributed by atoms with Crippen LogP contribution in [0.5, 0.6) is 5.75 Å². The predicted molar refractivity (Wildman–Crippen MR) is 122 cm³/mol. The zero-order valence-corrected chi connectivity index (χ0v) is 18.8. The van der Waals surface area contributed by atoms with Gasteiger partial charge in [0.05, 0.1) is 24.1 Å². The molecule has 0 aliphatic carbocycles. The number of methoxy groups -OCH3 is 1. The van der Waals surface area contributed by atoms with Crippen molar-refractivity contribution in [3.63, 3.8) is 0 Å². The number of thioether (sulfide) groups is 1. The molecule has 1 amide bonds. The molecule has 2 heterocycles. The van der Waals surface area contributed by atoms with Crippen molar-refractivity contribution in [2.24, 2.45) is 0 Å². The van der Waals surface area contributed by atoms with Crippen LogP contribution in [-0.2, 0) is 5.75 Å². The average Bonchev–Trinajstić information content (AvgIpc) is 3.37. The first-order chi connectivity index (χ1) is 15.0. The van der Waals surface area contributed by atoms with E-state index in [1.54, 1.807) is 20.1 Å². The smallest absolute Gasteiger partial charge is 0.258 e. The number of nitrogens with zero attached hydrogens (tertiary/aromatic N) is 3. The molecule has 0 bridgehead atoms. The number of aromatic nitrogens is 3. The number of thiazole rings is 1. The van der Waals surface area contributed by atoms with Crippen LogP contribution in [0.2, 0.25) is 0 Å². The molecule has 2 aromatic heterocycles. The lowest BCUT2D eigenvalue weighted by atomic mass is 10.1. The van der Waals surface area contributed by atoms with Crippen molar-refractivity contribution in [3.05, 3.63) is 70.7 Å². The molecule has 0 spiro atoms. The topological polar surface area (TPSA) is 90.1 Å². The van der Waals surface area contributed by atoms with E-state index in [0.29, 0.717) is 28.2 Å². The molecule has 0 fully saturated rings. The average molecular weight is 453 g/mol. The first-order valence-electron chi connectivity index (χ1n) is 9.47. The first-order valence-corrected chi connectivity index (χ1v) is 11.3. The van der Waals surface area contributed by atoms with Gasteiger partial charge in [0.15, 0.2) is 11.0 Å². The maximum atomic E-state index is 13.0. The van der Waals surface area contributed by atoms with Gasteiger partial charge in [0.2, 0.25) is 5.89 Å². The fourth-order valence-corrected chi connectivity index (χ4v) is 4.67. The first kappa shape index (κ1) is 21.1. The van der Waals surface area contributed by atoms with Crippen molar-refractivity contribution in [2.75, 3.05) is 12.4 Å². The van der Waals surface area contributed by atoms with Crippen LogP contribution in [-0.4, -0.2) is 28.1 Å². The van der Waals surface area contributed by atoms with Gasteiger partial charge in [-0.1, -0.05) is 17.3 Å². The number of hydrogen-bond donors (Lipinski definition) is 1. The molecular formula is C22H20N4O3S2. The third-order valence-corrected chi connectivity index (χ3v) is 6.38. The van der Waals surface area contributed by atoms with Crippen LogP contribution in [0, 0.1) is 13.8 Å². The Morgan fingerprint density at radius 3 is 2.61 bits per heavy atom. The Kier molecular flexibility index (Phi) is 6.34. The summed E-state index contributed by atoms with van der Waals surface area (Å²) in [5.74, 6) is 2.18. The zero-order valence-electron chi connectivity index (χ0n) is 17.2. The highest BCUT2D eigenvalue weighted by molar-refractivity contribution is 7.98. The lowest BCUT2D eigenvalue weighted by Crippen LogP contribution is -2.12. The van der Waals surface area contributed by atoms with Gasteiger partial charge in [-0.25, -0.2) is 4.98 Å². The van der Waals surface area contributed by atoms with E-state index in [9.17, 15) is 4.79 Å². The van der Waals surface area contributed by atoms with E-state index in [1.165, 1.54) is 23.1 Å². The van der Waals surface area contributed by atoms with Gasteiger partial charge in [-0.3, -0.25) is 10.1 Å². The summed E-state index contributed by atoms with van der Waals surface area (Å²) < 4.78 is 10.4. The fraction of sp³-hybridized carbons (Fsp3) is 0.182. The van der Waals surface area contributed by atoms with Gasteiger partial charge in [0.25, 0.3) is 5.91 Å². The van der Waals surface area contributed by atoms with Gasteiger partial charge in [0.1, 0.15) is 5.75 Å². The quantitative estimate of drug-likeness (QED) is 0.377. The predicted octanol–water partition coefficient (Wildman–Crippen LogP) is 5.36. The van der Waals surface area contributed by atoms with E-state index in [2.05, 4.69) is 20.4 Å². The van der Waals surface area contributed by atoms with Crippen molar-refractivity contribution in [1.29, 1.82) is 0 Å². The summed E-state index contributed by atoms with van der Waals surface area (Å²) >= 11 is 2.92. The van der Waals surface area contributed by atoms with Gasteiger partial charge in [-0.05, 0) is 50.2 Å². The van der Waals surface area contributed by atoms with E-state index in [-0.39, 0.29) is 5.91 Å². The van der Waals surface area contributed by atoms with Crippen molar-refractivity contribution in [1.82, 2.24) is 15.1 Å². The lowest BCUT2D eigenvalue weighted by Gasteiger charge is -2.07. The SMILES string of the molecule is COc1ccc(-c2nc(NC(=O)c3ccccc3SCc3nc(C)no3)sc2C)cc1. The van der Waals surface area contributed by atoms with Crippen molar-refractivity contribution >= 4 is 34.1 Å². The van der Waals surface area contributed by atoms with E-state index in [1.807, 2.05) is 49.4 Å². The lowest BCUT2D eigenvalue weighted by molar-refractivity contribution is 0.102. The normalized spacial score (nSPS) is 10.8. The summed E-state index contributed by atoms with van der Waals surface area (Å²) in [4.78, 5) is 23.7. The second-order valence-corrected chi connectivity index (χ2v) is 8.85. The number of nitrogens with one attached hydrogen (secondary N) is 1. The van der Waals surface area contributed by atoms with Crippen molar-refractivity contribution in [3.8, 4) is 17.0 Å². The second kappa shape index (κ2) is 9.32. The summed E-state index contributed by atoms with van der Waals surface area (Å²) in [6.07, 6.45) is 0. The maximum Gasteiger partial charge on any atom is 0.258 e. The van der Waals surface area contributed by atoms with Crippen molar-refractivity contribution < 1.29 is 14.1 Å². The molecule has 0 unspecified atom stereocenters. The summed E-state index contributed by atoms with van der Waals surface area (Å²) in [6.45, 7) is 3.76. The van der Waals surface area contributed by atoms with Gasteiger partial charge in [0, 0.05) is 15.3 Å². The highest BCUT2D eigenvalue weighted by Crippen LogP contribution is 2.32. The third kappa shape index (κ3) is 4.95. The number of benzene rings is 2. The number of amides is 1. The molecular weight excluding hydrogens is 432 g/mol. The largest absolute Gasteiger partial charge is 0.497 e. The van der Waals surface area contributed by atoms with E-state index in [4.69, 9.17) is 9.26 Å². The van der Waals surface area contributed by atoms with Crippen LogP contribution in [0.1, 0.15) is 27.0 Å². The highest BCUT2D eigenvalue weighted by atomic mass is 32.2. The molecule has 0 radical (unpaired) electrons. The summed E-state index contributed by atoms with van der Waals surface area (Å²) in [5, 5.41) is 7.28. The van der Waals surface area contributed by atoms with Gasteiger partial charge in [-0.15, -0.1) is 23.1 Å². The molecule has 31 heavy (non-hydrogen) atoms. The molecule has 4 aromatic rings. The Hall–Kier alpha value is -3.17. The number of carbonyl (C=O) groups excluding carboxylic acids is 1. The van der Waals surface area contributed by atoms with Gasteiger partial charge in [-0.2, -0.15) is 4.98 Å². The van der Waals surface area contributed by atoms with Crippen LogP contribution in [0.15, 0.2) is 57.9 Å². The van der Waals surface area contributed by atoms with Crippen LogP contribution in [0.3, 0.4) is 0 Å². The third-order valence-electron chi connectivity index (χ3n) is 4.43. The fourth-order valence-electron chi connectivity index (χ4n) is 2.95. The molecule has 4 rings (SSSR count). The highest BCUT2D eigenvalue weighted by Gasteiger charge is 2.16. The monoisotopic (exact) mass is 452 g/mol. The minimum atomic E-state index is -0.208. The van der Waals surface area contributed by atoms with Crippen molar-refractivity contribution in [2.45, 2.75) is 24.5 Å². The van der Waals surface area contributed by atoms with Gasteiger partial charge >= 0.3 is 0 Å². The van der Waals surface area contributed by atoms with Crippen LogP contribution < -0.4 is 10.1 Å². The van der Waals surface area contributed by atoms with Gasteiger partial charge < -0.3 is 9.26 Å². The Labute approximate surface area is 187 Å². The summed E-state index contributed by atoms with van der Waals surface area (Å²) in [5.41, 5.74) is 2.39. The molecule has 7 nitrogen and oxygen atoms in total. The van der Waals surface area contributed by atoms with Crippen LogP contribution >= 0.6 is 23.1 Å². The Balaban J connectivity index is 1.49. The number of anilines is 1. The number of carbonyl (C=O) groups is 1. The molecule has 0 saturated carbocycles. The number of ether oxygens (including phenoxy) is 1. The minimum absolute atomic E-state index is 0.208. The summed E-state index contributed by atoms with van der Waals surface area (Å²) in [6, 6.07) is 15.1. The number of rotatable bonds is 7. The Morgan fingerprint density at radius 2 is 1.90 bits per heavy atom. The molecule has 158 valence electrons. The number of aryl methyl sites for hydroxylation is 2. The minimum Gasteiger partial charge on any atom is -0.497 e. The second-order valence-electron chi connectivity index (χ2n) is 6.63. The molecule has 0 atom stereocenters. The van der Waals surface area contributed by atoms with E-state index >= 15 is 0 Å². The standard InChI is InChI=1S/C22H20N4O3S2/c1-13-20(15-8-10-16(28-3)11-9-15)24-22(31-13)25-21(27)17-6-4-5-7-18(17)30-12-19-23-14(2)26-29-19/h4-11H,12H2,1-3H3,(H,24,25,27). The zero-order chi connectivity index (χ0) is 21.8. The Bertz CT molecular complexity index is 1200. The molecule has 0 aliphatic heterocycles. The van der Waals surface area contributed by atoms with Crippen LogP contribution in [0.25, 0.3) is 11.3 Å². The van der Waals surface area contributed by atoms with Crippen LogP contribution in [0.4, 0.5) is 5.13 Å². The van der Waals surface area contributed by atoms with E-state index in [0.717, 1.165) is 26.8 Å². The molecule has 0 aliphatic rings. The molecule has 9 heteroatoms. The molecule has 1 N–H and O–H groups in total. The summed E-state index contributed by atoms with van der Waals surface area (Å²) in [7, 11) is 1.63. The van der Waals surface area contributed by atoms with E-state index < -0.39 is 0 Å². The molecule has 2 aromatic carbocycles. The Morgan fingerprint density at radius 1 is 1.13 bits per heavy atom.